The molecule has 0 bridgehead atoms. The van der Waals surface area contributed by atoms with Crippen molar-refractivity contribution in [2.75, 3.05) is 13.1 Å². The quantitative estimate of drug-likeness (QED) is 0.870. The number of hydrogen-bond donors (Lipinski definition) is 1. The molecule has 0 amide bonds. The molecule has 1 aromatic carbocycles. The number of rotatable bonds is 4. The van der Waals surface area contributed by atoms with Crippen molar-refractivity contribution in [1.82, 2.24) is 15.5 Å². The van der Waals surface area contributed by atoms with Gasteiger partial charge in [-0.15, -0.1) is 11.8 Å². The number of nitrogens with zero attached hydrogens (tertiary/aromatic N) is 2. The van der Waals surface area contributed by atoms with Crippen LogP contribution in [0.1, 0.15) is 30.5 Å². The molecule has 2 heterocycles. The fourth-order valence-corrected chi connectivity index (χ4v) is 2.99. The van der Waals surface area contributed by atoms with E-state index in [0.29, 0.717) is 5.92 Å². The molecule has 1 aliphatic heterocycles. The third-order valence-corrected chi connectivity index (χ3v) is 4.29. The molecule has 2 aromatic rings. The Morgan fingerprint density at radius 1 is 1.21 bits per heavy atom. The van der Waals surface area contributed by atoms with Crippen LogP contribution in [0.15, 0.2) is 39.8 Å². The first-order chi connectivity index (χ1) is 9.42. The van der Waals surface area contributed by atoms with E-state index in [9.17, 15) is 0 Å². The largest absolute Gasteiger partial charge is 0.338 e. The first-order valence-corrected chi connectivity index (χ1v) is 7.61. The monoisotopic (exact) mass is 275 g/mol. The molecule has 0 aliphatic carbocycles. The van der Waals surface area contributed by atoms with Crippen LogP contribution in [0.2, 0.25) is 0 Å². The van der Waals surface area contributed by atoms with Gasteiger partial charge in [-0.1, -0.05) is 23.4 Å². The number of thioether (sulfide) groups is 1. The Morgan fingerprint density at radius 3 is 2.79 bits per heavy atom. The summed E-state index contributed by atoms with van der Waals surface area (Å²) in [5, 5.41) is 7.47. The topological polar surface area (TPSA) is 51.0 Å². The van der Waals surface area contributed by atoms with E-state index < -0.39 is 0 Å². The van der Waals surface area contributed by atoms with Crippen molar-refractivity contribution >= 4 is 11.8 Å². The van der Waals surface area contributed by atoms with Gasteiger partial charge < -0.3 is 9.84 Å². The number of piperidine rings is 1. The Labute approximate surface area is 117 Å². The fraction of sp³-hybridized carbons (Fsp3) is 0.429. The summed E-state index contributed by atoms with van der Waals surface area (Å²) in [6.45, 7) is 2.10. The zero-order valence-electron chi connectivity index (χ0n) is 10.7. The molecule has 1 aromatic heterocycles. The average molecular weight is 275 g/mol. The lowest BCUT2D eigenvalue weighted by Gasteiger charge is -2.18. The van der Waals surface area contributed by atoms with Crippen LogP contribution in [0.5, 0.6) is 0 Å². The molecule has 0 radical (unpaired) electrons. The summed E-state index contributed by atoms with van der Waals surface area (Å²) in [6, 6.07) is 10.3. The lowest BCUT2D eigenvalue weighted by molar-refractivity contribution is 0.369. The predicted molar refractivity (Wildman–Crippen MR) is 75.1 cm³/mol. The zero-order valence-corrected chi connectivity index (χ0v) is 11.5. The van der Waals surface area contributed by atoms with Crippen LogP contribution in [0.4, 0.5) is 0 Å². The third kappa shape index (κ3) is 3.36. The normalized spacial score (nSPS) is 16.6. The average Bonchev–Trinajstić information content (AvgIpc) is 2.96. The van der Waals surface area contributed by atoms with Gasteiger partial charge in [0.05, 0.1) is 5.75 Å². The summed E-state index contributed by atoms with van der Waals surface area (Å²) >= 11 is 1.72. The van der Waals surface area contributed by atoms with E-state index in [1.807, 2.05) is 18.2 Å². The molecule has 19 heavy (non-hydrogen) atoms. The molecule has 1 N–H and O–H groups in total. The molecule has 0 atom stereocenters. The third-order valence-electron chi connectivity index (χ3n) is 3.29. The lowest BCUT2D eigenvalue weighted by Crippen LogP contribution is -2.27. The molecule has 0 unspecified atom stereocenters. The first-order valence-electron chi connectivity index (χ1n) is 6.63. The zero-order chi connectivity index (χ0) is 12.9. The van der Waals surface area contributed by atoms with E-state index in [-0.39, 0.29) is 0 Å². The molecule has 4 nitrogen and oxygen atoms in total. The van der Waals surface area contributed by atoms with Crippen LogP contribution in [-0.2, 0) is 5.75 Å². The van der Waals surface area contributed by atoms with Crippen LogP contribution >= 0.6 is 11.8 Å². The van der Waals surface area contributed by atoms with Gasteiger partial charge in [0, 0.05) is 10.8 Å². The smallest absolute Gasteiger partial charge is 0.237 e. The molecule has 0 spiro atoms. The summed E-state index contributed by atoms with van der Waals surface area (Å²) < 4.78 is 5.34. The summed E-state index contributed by atoms with van der Waals surface area (Å²) in [4.78, 5) is 5.75. The second kappa shape index (κ2) is 6.21. The van der Waals surface area contributed by atoms with Gasteiger partial charge in [0.1, 0.15) is 0 Å². The van der Waals surface area contributed by atoms with Crippen molar-refractivity contribution in [2.45, 2.75) is 29.4 Å². The van der Waals surface area contributed by atoms with Crippen LogP contribution in [0.3, 0.4) is 0 Å². The summed E-state index contributed by atoms with van der Waals surface area (Å²) in [6.07, 6.45) is 2.20. The van der Waals surface area contributed by atoms with Crippen LogP contribution in [0, 0.1) is 0 Å². The maximum Gasteiger partial charge on any atom is 0.237 e. The SMILES string of the molecule is c1ccc(SCc2nc(C3CCNCC3)no2)cc1. The predicted octanol–water partition coefficient (Wildman–Crippen LogP) is 2.83. The van der Waals surface area contributed by atoms with E-state index in [1.54, 1.807) is 11.8 Å². The molecule has 100 valence electrons. The second-order valence-corrected chi connectivity index (χ2v) is 5.72. The molecule has 1 aliphatic rings. The molecule has 1 saturated heterocycles. The number of benzene rings is 1. The molecular formula is C14H17N3OS. The van der Waals surface area contributed by atoms with Crippen molar-refractivity contribution in [3.05, 3.63) is 42.0 Å². The maximum atomic E-state index is 5.34. The maximum absolute atomic E-state index is 5.34. The van der Waals surface area contributed by atoms with Gasteiger partial charge in [0.25, 0.3) is 0 Å². The Balaban J connectivity index is 1.58. The minimum Gasteiger partial charge on any atom is -0.338 e. The Hall–Kier alpha value is -1.33. The summed E-state index contributed by atoms with van der Waals surface area (Å²) in [5.74, 6) is 2.80. The van der Waals surface area contributed by atoms with Crippen molar-refractivity contribution in [2.24, 2.45) is 0 Å². The summed E-state index contributed by atoms with van der Waals surface area (Å²) in [7, 11) is 0. The van der Waals surface area contributed by atoms with Crippen LogP contribution in [0.25, 0.3) is 0 Å². The van der Waals surface area contributed by atoms with E-state index in [0.717, 1.165) is 43.4 Å². The van der Waals surface area contributed by atoms with Gasteiger partial charge in [0.2, 0.25) is 5.89 Å². The molecule has 3 rings (SSSR count). The lowest BCUT2D eigenvalue weighted by atomic mass is 9.98. The van der Waals surface area contributed by atoms with E-state index in [4.69, 9.17) is 4.52 Å². The first kappa shape index (κ1) is 12.7. The summed E-state index contributed by atoms with van der Waals surface area (Å²) in [5.41, 5.74) is 0. The van der Waals surface area contributed by atoms with Gasteiger partial charge >= 0.3 is 0 Å². The standard InChI is InChI=1S/C14H17N3OS/c1-2-4-12(5-3-1)19-10-13-16-14(17-18-13)11-6-8-15-9-7-11/h1-5,11,15H,6-10H2. The highest BCUT2D eigenvalue weighted by Crippen LogP contribution is 2.25. The Kier molecular flexibility index (Phi) is 4.15. The van der Waals surface area contributed by atoms with Gasteiger partial charge in [-0.3, -0.25) is 0 Å². The van der Waals surface area contributed by atoms with Gasteiger partial charge in [-0.05, 0) is 38.1 Å². The highest BCUT2D eigenvalue weighted by Gasteiger charge is 2.20. The number of hydrogen-bond acceptors (Lipinski definition) is 5. The van der Waals surface area contributed by atoms with E-state index in [1.165, 1.54) is 4.90 Å². The van der Waals surface area contributed by atoms with Gasteiger partial charge in [0.15, 0.2) is 5.82 Å². The van der Waals surface area contributed by atoms with Crippen molar-refractivity contribution in [3.8, 4) is 0 Å². The van der Waals surface area contributed by atoms with Gasteiger partial charge in [-0.2, -0.15) is 4.98 Å². The second-order valence-electron chi connectivity index (χ2n) is 4.67. The number of nitrogens with one attached hydrogen (secondary N) is 1. The molecule has 0 saturated carbocycles. The Bertz CT molecular complexity index is 508. The number of aromatic nitrogens is 2. The molecule has 5 heteroatoms. The Morgan fingerprint density at radius 2 is 2.00 bits per heavy atom. The van der Waals surface area contributed by atoms with Crippen molar-refractivity contribution < 1.29 is 4.52 Å². The van der Waals surface area contributed by atoms with Gasteiger partial charge in [-0.25, -0.2) is 0 Å². The van der Waals surface area contributed by atoms with Crippen molar-refractivity contribution in [1.29, 1.82) is 0 Å². The highest BCUT2D eigenvalue weighted by molar-refractivity contribution is 7.98. The minimum atomic E-state index is 0.459. The fourth-order valence-electron chi connectivity index (χ4n) is 2.23. The molecule has 1 fully saturated rings. The van der Waals surface area contributed by atoms with Crippen LogP contribution in [-0.4, -0.2) is 23.2 Å². The van der Waals surface area contributed by atoms with E-state index in [2.05, 4.69) is 27.6 Å². The van der Waals surface area contributed by atoms with Crippen molar-refractivity contribution in [3.63, 3.8) is 0 Å². The highest BCUT2D eigenvalue weighted by atomic mass is 32.2. The molecular weight excluding hydrogens is 258 g/mol. The van der Waals surface area contributed by atoms with E-state index >= 15 is 0 Å². The van der Waals surface area contributed by atoms with Crippen LogP contribution < -0.4 is 5.32 Å². The minimum absolute atomic E-state index is 0.459.